The SMILES string of the molecule is C[C@H]1CN([C@@H](C)CO)C(=O)c2cccc(NC(=O)C3CCCCC3)c2O[C@H]1CN(C)CC1CCCCC1. The molecule has 4 rings (SSSR count). The number of carbonyl (C=O) groups is 2. The van der Waals surface area contributed by atoms with Gasteiger partial charge in [0.1, 0.15) is 6.10 Å². The Kier molecular flexibility index (Phi) is 9.88. The van der Waals surface area contributed by atoms with Gasteiger partial charge in [0.15, 0.2) is 5.75 Å². The average Bonchev–Trinajstić information content (AvgIpc) is 2.91. The third-order valence-electron chi connectivity index (χ3n) is 8.71. The summed E-state index contributed by atoms with van der Waals surface area (Å²) in [5.41, 5.74) is 1.03. The summed E-state index contributed by atoms with van der Waals surface area (Å²) in [5, 5.41) is 13.0. The van der Waals surface area contributed by atoms with Crippen LogP contribution in [0, 0.1) is 17.8 Å². The van der Waals surface area contributed by atoms with Crippen LogP contribution in [0.1, 0.15) is 88.4 Å². The number of hydrogen-bond acceptors (Lipinski definition) is 5. The highest BCUT2D eigenvalue weighted by molar-refractivity contribution is 6.02. The number of rotatable bonds is 8. The topological polar surface area (TPSA) is 82.1 Å². The number of para-hydroxylation sites is 1. The number of anilines is 1. The van der Waals surface area contributed by atoms with Crippen LogP contribution in [0.3, 0.4) is 0 Å². The van der Waals surface area contributed by atoms with Crippen molar-refractivity contribution < 1.29 is 19.4 Å². The molecule has 0 unspecified atom stereocenters. The zero-order chi connectivity index (χ0) is 26.4. The Morgan fingerprint density at radius 2 is 1.78 bits per heavy atom. The standard InChI is InChI=1S/C30H47N3O4/c1-21-17-33(22(2)20-34)30(36)25-15-10-16-26(31-29(35)24-13-8-5-9-14-24)28(25)37-27(21)19-32(3)18-23-11-6-4-7-12-23/h10,15-16,21-24,27,34H,4-9,11-14,17-20H2,1-3H3,(H,31,35)/t21-,22-,27-/m0/s1. The van der Waals surface area contributed by atoms with Gasteiger partial charge in [-0.3, -0.25) is 9.59 Å². The van der Waals surface area contributed by atoms with Gasteiger partial charge in [-0.1, -0.05) is 51.5 Å². The van der Waals surface area contributed by atoms with Crippen molar-refractivity contribution in [3.8, 4) is 5.75 Å². The molecule has 37 heavy (non-hydrogen) atoms. The second kappa shape index (κ2) is 13.1. The molecule has 1 aromatic rings. The lowest BCUT2D eigenvalue weighted by Gasteiger charge is -2.39. The van der Waals surface area contributed by atoms with Crippen molar-refractivity contribution in [2.24, 2.45) is 17.8 Å². The number of hydrogen-bond donors (Lipinski definition) is 2. The van der Waals surface area contributed by atoms with Crippen LogP contribution in [0.4, 0.5) is 5.69 Å². The molecule has 1 aromatic carbocycles. The smallest absolute Gasteiger partial charge is 0.258 e. The minimum Gasteiger partial charge on any atom is -0.486 e. The molecule has 7 heteroatoms. The third kappa shape index (κ3) is 7.05. The van der Waals surface area contributed by atoms with Gasteiger partial charge >= 0.3 is 0 Å². The van der Waals surface area contributed by atoms with E-state index >= 15 is 0 Å². The number of carbonyl (C=O) groups excluding carboxylic acids is 2. The van der Waals surface area contributed by atoms with E-state index in [2.05, 4.69) is 24.2 Å². The van der Waals surface area contributed by atoms with E-state index < -0.39 is 0 Å². The van der Waals surface area contributed by atoms with Crippen molar-refractivity contribution in [3.63, 3.8) is 0 Å². The first-order chi connectivity index (χ1) is 17.9. The van der Waals surface area contributed by atoms with Gasteiger partial charge in [0, 0.05) is 31.5 Å². The van der Waals surface area contributed by atoms with Crippen LogP contribution in [0.15, 0.2) is 18.2 Å². The molecule has 7 nitrogen and oxygen atoms in total. The molecule has 206 valence electrons. The van der Waals surface area contributed by atoms with Gasteiger partial charge in [-0.15, -0.1) is 0 Å². The number of ether oxygens (including phenoxy) is 1. The fraction of sp³-hybridized carbons (Fsp3) is 0.733. The predicted molar refractivity (Wildman–Crippen MR) is 147 cm³/mol. The van der Waals surface area contributed by atoms with Crippen molar-refractivity contribution in [2.45, 2.75) is 90.2 Å². The predicted octanol–water partition coefficient (Wildman–Crippen LogP) is 4.94. The van der Waals surface area contributed by atoms with E-state index in [0.717, 1.165) is 44.7 Å². The molecular formula is C30H47N3O4. The highest BCUT2D eigenvalue weighted by atomic mass is 16.5. The zero-order valence-electron chi connectivity index (χ0n) is 23.1. The number of amides is 2. The van der Waals surface area contributed by atoms with E-state index in [0.29, 0.717) is 23.5 Å². The van der Waals surface area contributed by atoms with Crippen molar-refractivity contribution in [1.29, 1.82) is 0 Å². The summed E-state index contributed by atoms with van der Waals surface area (Å²) >= 11 is 0. The number of aliphatic hydroxyl groups is 1. The van der Waals surface area contributed by atoms with Gasteiger partial charge in [0.25, 0.3) is 5.91 Å². The van der Waals surface area contributed by atoms with E-state index in [1.807, 2.05) is 19.1 Å². The van der Waals surface area contributed by atoms with E-state index in [4.69, 9.17) is 4.74 Å². The van der Waals surface area contributed by atoms with Crippen LogP contribution in [0.2, 0.25) is 0 Å². The maximum absolute atomic E-state index is 13.7. The highest BCUT2D eigenvalue weighted by Gasteiger charge is 2.35. The van der Waals surface area contributed by atoms with Crippen molar-refractivity contribution in [3.05, 3.63) is 23.8 Å². The minimum absolute atomic E-state index is 0.0103. The molecule has 0 bridgehead atoms. The monoisotopic (exact) mass is 513 g/mol. The molecule has 0 aromatic heterocycles. The van der Waals surface area contributed by atoms with E-state index in [-0.39, 0.29) is 42.4 Å². The second-order valence-corrected chi connectivity index (χ2v) is 11.9. The van der Waals surface area contributed by atoms with Crippen LogP contribution < -0.4 is 10.1 Å². The minimum atomic E-state index is -0.304. The molecular weight excluding hydrogens is 466 g/mol. The Labute approximate surface area is 222 Å². The molecule has 0 radical (unpaired) electrons. The molecule has 1 aliphatic heterocycles. The van der Waals surface area contributed by atoms with Crippen LogP contribution in [-0.2, 0) is 4.79 Å². The molecule has 0 spiro atoms. The molecule has 1 heterocycles. The Morgan fingerprint density at radius 3 is 2.46 bits per heavy atom. The van der Waals surface area contributed by atoms with E-state index in [1.54, 1.807) is 11.0 Å². The van der Waals surface area contributed by atoms with Gasteiger partial charge in [-0.2, -0.15) is 0 Å². The summed E-state index contributed by atoms with van der Waals surface area (Å²) in [6, 6.07) is 5.14. The van der Waals surface area contributed by atoms with Gasteiger partial charge in [-0.05, 0) is 57.7 Å². The summed E-state index contributed by atoms with van der Waals surface area (Å²) < 4.78 is 6.69. The summed E-state index contributed by atoms with van der Waals surface area (Å²) in [7, 11) is 2.17. The number of nitrogens with zero attached hydrogens (tertiary/aromatic N) is 2. The van der Waals surface area contributed by atoms with E-state index in [9.17, 15) is 14.7 Å². The number of nitrogens with one attached hydrogen (secondary N) is 1. The first kappa shape index (κ1) is 27.9. The lowest BCUT2D eigenvalue weighted by Crippen LogP contribution is -2.50. The van der Waals surface area contributed by atoms with Crippen molar-refractivity contribution >= 4 is 17.5 Å². The maximum atomic E-state index is 13.7. The van der Waals surface area contributed by atoms with Crippen LogP contribution >= 0.6 is 0 Å². The Hall–Kier alpha value is -2.12. The number of likely N-dealkylation sites (N-methyl/N-ethyl adjacent to an activating group) is 1. The zero-order valence-corrected chi connectivity index (χ0v) is 23.1. The number of aliphatic hydroxyl groups excluding tert-OH is 1. The molecule has 2 amide bonds. The third-order valence-corrected chi connectivity index (χ3v) is 8.71. The summed E-state index contributed by atoms with van der Waals surface area (Å²) in [6.45, 7) is 6.22. The number of fused-ring (bicyclic) bond motifs is 1. The summed E-state index contributed by atoms with van der Waals surface area (Å²) in [5.74, 6) is 1.12. The molecule has 2 saturated carbocycles. The fourth-order valence-electron chi connectivity index (χ4n) is 6.35. The van der Waals surface area contributed by atoms with Crippen LogP contribution in [0.25, 0.3) is 0 Å². The van der Waals surface area contributed by atoms with Gasteiger partial charge in [-0.25, -0.2) is 0 Å². The molecule has 2 aliphatic carbocycles. The summed E-state index contributed by atoms with van der Waals surface area (Å²) in [6.07, 6.45) is 11.6. The Balaban J connectivity index is 1.60. The quantitative estimate of drug-likeness (QED) is 0.515. The Morgan fingerprint density at radius 1 is 1.11 bits per heavy atom. The summed E-state index contributed by atoms with van der Waals surface area (Å²) in [4.78, 5) is 31.0. The molecule has 2 fully saturated rings. The second-order valence-electron chi connectivity index (χ2n) is 11.9. The number of benzene rings is 1. The Bertz CT molecular complexity index is 910. The molecule has 3 atom stereocenters. The lowest BCUT2D eigenvalue weighted by atomic mass is 9.88. The fourth-order valence-corrected chi connectivity index (χ4v) is 6.35. The molecule has 3 aliphatic rings. The van der Waals surface area contributed by atoms with Crippen molar-refractivity contribution in [1.82, 2.24) is 9.80 Å². The van der Waals surface area contributed by atoms with Crippen molar-refractivity contribution in [2.75, 3.05) is 38.6 Å². The van der Waals surface area contributed by atoms with Crippen LogP contribution in [0.5, 0.6) is 5.75 Å². The molecule has 0 saturated heterocycles. The lowest BCUT2D eigenvalue weighted by molar-refractivity contribution is -0.120. The first-order valence-electron chi connectivity index (χ1n) is 14.6. The maximum Gasteiger partial charge on any atom is 0.258 e. The van der Waals surface area contributed by atoms with Crippen LogP contribution in [-0.4, -0.2) is 72.2 Å². The highest BCUT2D eigenvalue weighted by Crippen LogP contribution is 2.36. The van der Waals surface area contributed by atoms with E-state index in [1.165, 1.54) is 38.5 Å². The normalized spacial score (nSPS) is 24.7. The van der Waals surface area contributed by atoms with Gasteiger partial charge < -0.3 is 25.0 Å². The first-order valence-corrected chi connectivity index (χ1v) is 14.6. The van der Waals surface area contributed by atoms with Gasteiger partial charge in [0.05, 0.1) is 23.9 Å². The molecule has 2 N–H and O–H groups in total. The average molecular weight is 514 g/mol. The largest absolute Gasteiger partial charge is 0.486 e. The van der Waals surface area contributed by atoms with Gasteiger partial charge in [0.2, 0.25) is 5.91 Å².